The normalized spacial score (nSPS) is 20.9. The summed E-state index contributed by atoms with van der Waals surface area (Å²) in [5.41, 5.74) is 0.422. The highest BCUT2D eigenvalue weighted by atomic mass is 32.2. The highest BCUT2D eigenvalue weighted by Crippen LogP contribution is 2.73. The van der Waals surface area contributed by atoms with Crippen molar-refractivity contribution in [2.24, 2.45) is 17.9 Å². The molecule has 0 bridgehead atoms. The summed E-state index contributed by atoms with van der Waals surface area (Å²) in [6, 6.07) is 0. The van der Waals surface area contributed by atoms with Crippen molar-refractivity contribution in [2.45, 2.75) is 38.8 Å². The van der Waals surface area contributed by atoms with Crippen LogP contribution in [0.3, 0.4) is 0 Å². The summed E-state index contributed by atoms with van der Waals surface area (Å²) in [6.07, 6.45) is 0. The van der Waals surface area contributed by atoms with E-state index >= 15 is 0 Å². The van der Waals surface area contributed by atoms with E-state index in [2.05, 4.69) is 37.9 Å². The van der Waals surface area contributed by atoms with Crippen molar-refractivity contribution in [1.82, 2.24) is 14.8 Å². The summed E-state index contributed by atoms with van der Waals surface area (Å²) < 4.78 is 1.93. The third-order valence-electron chi connectivity index (χ3n) is 4.47. The third-order valence-corrected chi connectivity index (χ3v) is 5.48. The molecular weight excluding hydrogens is 250 g/mol. The summed E-state index contributed by atoms with van der Waals surface area (Å²) in [4.78, 5) is 10.6. The van der Waals surface area contributed by atoms with Gasteiger partial charge in [0.15, 0.2) is 5.16 Å². The lowest BCUT2D eigenvalue weighted by molar-refractivity contribution is -0.133. The molecule has 0 amide bonds. The summed E-state index contributed by atoms with van der Waals surface area (Å²) in [5, 5.41) is 17.7. The van der Waals surface area contributed by atoms with E-state index in [1.807, 2.05) is 11.6 Å². The molecule has 0 saturated heterocycles. The molecule has 100 valence electrons. The first kappa shape index (κ1) is 13.4. The van der Waals surface area contributed by atoms with Crippen molar-refractivity contribution in [3.05, 3.63) is 5.82 Å². The largest absolute Gasteiger partial charge is 0.481 e. The number of aliphatic carboxylic acids is 1. The van der Waals surface area contributed by atoms with Gasteiger partial charge in [0.05, 0.1) is 5.75 Å². The van der Waals surface area contributed by atoms with Crippen LogP contribution < -0.4 is 0 Å². The molecule has 1 N–H and O–H groups in total. The van der Waals surface area contributed by atoms with Crippen LogP contribution in [0.25, 0.3) is 0 Å². The lowest BCUT2D eigenvalue weighted by atomic mass is 10.0. The first-order chi connectivity index (χ1) is 8.19. The van der Waals surface area contributed by atoms with Crippen molar-refractivity contribution < 1.29 is 9.90 Å². The number of carboxylic acids is 1. The van der Waals surface area contributed by atoms with E-state index in [9.17, 15) is 4.79 Å². The predicted molar refractivity (Wildman–Crippen MR) is 69.7 cm³/mol. The van der Waals surface area contributed by atoms with Gasteiger partial charge >= 0.3 is 5.97 Å². The van der Waals surface area contributed by atoms with Gasteiger partial charge in [-0.15, -0.1) is 10.2 Å². The molecule has 5 nitrogen and oxygen atoms in total. The van der Waals surface area contributed by atoms with Crippen LogP contribution in [0.4, 0.5) is 0 Å². The molecule has 1 heterocycles. The molecule has 6 heteroatoms. The predicted octanol–water partition coefficient (Wildman–Crippen LogP) is 2.14. The second-order valence-electron chi connectivity index (χ2n) is 5.96. The Kier molecular flexibility index (Phi) is 2.96. The van der Waals surface area contributed by atoms with E-state index in [-0.39, 0.29) is 16.6 Å². The van der Waals surface area contributed by atoms with Crippen LogP contribution in [0.1, 0.15) is 39.4 Å². The van der Waals surface area contributed by atoms with Crippen molar-refractivity contribution in [2.75, 3.05) is 5.75 Å². The maximum absolute atomic E-state index is 10.6. The maximum Gasteiger partial charge on any atom is 0.313 e. The minimum absolute atomic E-state index is 0.0173. The van der Waals surface area contributed by atoms with E-state index < -0.39 is 5.97 Å². The first-order valence-electron chi connectivity index (χ1n) is 5.93. The molecular formula is C12H19N3O2S. The first-order valence-corrected chi connectivity index (χ1v) is 6.92. The van der Waals surface area contributed by atoms with Crippen molar-refractivity contribution in [3.8, 4) is 0 Å². The molecule has 1 saturated carbocycles. The number of hydrogen-bond acceptors (Lipinski definition) is 4. The topological polar surface area (TPSA) is 68.0 Å². The Morgan fingerprint density at radius 1 is 1.33 bits per heavy atom. The van der Waals surface area contributed by atoms with Crippen molar-refractivity contribution in [3.63, 3.8) is 0 Å². The highest BCUT2D eigenvalue weighted by molar-refractivity contribution is 7.99. The number of aromatic nitrogens is 3. The van der Waals surface area contributed by atoms with E-state index in [0.29, 0.717) is 11.1 Å². The fourth-order valence-electron chi connectivity index (χ4n) is 2.67. The molecule has 0 spiro atoms. The Hall–Kier alpha value is -1.04. The molecule has 1 fully saturated rings. The Bertz CT molecular complexity index is 480. The molecule has 1 aromatic heterocycles. The van der Waals surface area contributed by atoms with Crippen LogP contribution in [-0.2, 0) is 11.8 Å². The Morgan fingerprint density at radius 3 is 2.33 bits per heavy atom. The van der Waals surface area contributed by atoms with E-state index in [4.69, 9.17) is 5.11 Å². The lowest BCUT2D eigenvalue weighted by Gasteiger charge is -2.03. The average Bonchev–Trinajstić information content (AvgIpc) is 2.55. The molecule has 2 rings (SSSR count). The van der Waals surface area contributed by atoms with E-state index in [1.54, 1.807) is 0 Å². The number of nitrogens with zero attached hydrogens (tertiary/aromatic N) is 3. The zero-order chi connectivity index (χ0) is 13.7. The molecule has 0 atom stereocenters. The van der Waals surface area contributed by atoms with Crippen LogP contribution >= 0.6 is 11.8 Å². The molecule has 18 heavy (non-hydrogen) atoms. The number of thioether (sulfide) groups is 1. The van der Waals surface area contributed by atoms with Gasteiger partial charge in [-0.05, 0) is 10.8 Å². The molecule has 0 unspecified atom stereocenters. The van der Waals surface area contributed by atoms with Crippen LogP contribution in [0.2, 0.25) is 0 Å². The fourth-order valence-corrected chi connectivity index (χ4v) is 3.31. The van der Waals surface area contributed by atoms with Gasteiger partial charge in [-0.2, -0.15) is 0 Å². The zero-order valence-corrected chi connectivity index (χ0v) is 12.2. The van der Waals surface area contributed by atoms with E-state index in [1.165, 1.54) is 11.8 Å². The average molecular weight is 269 g/mol. The minimum atomic E-state index is -0.836. The minimum Gasteiger partial charge on any atom is -0.481 e. The summed E-state index contributed by atoms with van der Waals surface area (Å²) >= 11 is 1.21. The monoisotopic (exact) mass is 269 g/mol. The molecule has 0 aliphatic heterocycles. The van der Waals surface area contributed by atoms with Gasteiger partial charge in [-0.25, -0.2) is 0 Å². The molecule has 1 aliphatic rings. The molecule has 0 radical (unpaired) electrons. The molecule has 1 aromatic rings. The van der Waals surface area contributed by atoms with E-state index in [0.717, 1.165) is 5.82 Å². The smallest absolute Gasteiger partial charge is 0.313 e. The van der Waals surface area contributed by atoms with Crippen LogP contribution in [0, 0.1) is 10.8 Å². The summed E-state index contributed by atoms with van der Waals surface area (Å²) in [6.45, 7) is 8.93. The Morgan fingerprint density at radius 2 is 1.89 bits per heavy atom. The van der Waals surface area contributed by atoms with Gasteiger partial charge in [0.25, 0.3) is 0 Å². The van der Waals surface area contributed by atoms with Gasteiger partial charge in [0.1, 0.15) is 5.82 Å². The zero-order valence-electron chi connectivity index (χ0n) is 11.4. The Balaban J connectivity index is 2.20. The van der Waals surface area contributed by atoms with Gasteiger partial charge in [-0.1, -0.05) is 39.5 Å². The summed E-state index contributed by atoms with van der Waals surface area (Å²) in [7, 11) is 1.91. The molecule has 1 aliphatic carbocycles. The van der Waals surface area contributed by atoms with Gasteiger partial charge in [0, 0.05) is 13.0 Å². The van der Waals surface area contributed by atoms with Crippen molar-refractivity contribution in [1.29, 1.82) is 0 Å². The van der Waals surface area contributed by atoms with Gasteiger partial charge < -0.3 is 9.67 Å². The van der Waals surface area contributed by atoms with Crippen LogP contribution in [-0.4, -0.2) is 31.6 Å². The van der Waals surface area contributed by atoms with Crippen LogP contribution in [0.5, 0.6) is 0 Å². The maximum atomic E-state index is 10.6. The SMILES string of the molecule is Cn1c(SCC(=O)O)nnc1C1C(C)(C)C1(C)C. The Labute approximate surface area is 111 Å². The van der Waals surface area contributed by atoms with Crippen molar-refractivity contribution >= 4 is 17.7 Å². The second kappa shape index (κ2) is 3.98. The highest BCUT2D eigenvalue weighted by Gasteiger charge is 2.67. The number of rotatable bonds is 4. The third kappa shape index (κ3) is 1.83. The quantitative estimate of drug-likeness (QED) is 0.848. The van der Waals surface area contributed by atoms with Gasteiger partial charge in [0.2, 0.25) is 0 Å². The molecule has 0 aromatic carbocycles. The fraction of sp³-hybridized carbons (Fsp3) is 0.750. The van der Waals surface area contributed by atoms with Crippen LogP contribution in [0.15, 0.2) is 5.16 Å². The van der Waals surface area contributed by atoms with Gasteiger partial charge in [-0.3, -0.25) is 4.79 Å². The number of hydrogen-bond donors (Lipinski definition) is 1. The summed E-state index contributed by atoms with van der Waals surface area (Å²) in [5.74, 6) is 0.514. The number of carboxylic acid groups (broad SMARTS) is 1. The second-order valence-corrected chi connectivity index (χ2v) is 6.90. The number of carbonyl (C=O) groups is 1. The standard InChI is InChI=1S/C12H19N3O2S/c1-11(2)8(12(11,3)4)9-13-14-10(15(9)5)18-6-7(16)17/h8H,6H2,1-5H3,(H,16,17). The lowest BCUT2D eigenvalue weighted by Crippen LogP contribution is -2.03.